The molecule has 2 atom stereocenters. The van der Waals surface area contributed by atoms with E-state index in [0.717, 1.165) is 12.8 Å². The first-order valence-corrected chi connectivity index (χ1v) is 8.00. The van der Waals surface area contributed by atoms with Gasteiger partial charge in [0.25, 0.3) is 0 Å². The maximum atomic E-state index is 9.63. The molecule has 2 rings (SSSR count). The topological polar surface area (TPSA) is 32.3 Å². The van der Waals surface area contributed by atoms with E-state index in [1.807, 2.05) is 18.8 Å². The van der Waals surface area contributed by atoms with Crippen molar-refractivity contribution < 1.29 is 5.11 Å². The zero-order valence-electron chi connectivity index (χ0n) is 12.2. The van der Waals surface area contributed by atoms with Crippen molar-refractivity contribution in [3.05, 3.63) is 29.3 Å². The molecule has 0 amide bonds. The van der Waals surface area contributed by atoms with E-state index in [2.05, 4.69) is 37.4 Å². The van der Waals surface area contributed by atoms with Gasteiger partial charge in [-0.25, -0.2) is 0 Å². The van der Waals surface area contributed by atoms with Crippen LogP contribution >= 0.6 is 11.8 Å². The van der Waals surface area contributed by atoms with Crippen LogP contribution in [-0.2, 0) is 0 Å². The van der Waals surface area contributed by atoms with Gasteiger partial charge >= 0.3 is 0 Å². The molecule has 1 aromatic carbocycles. The van der Waals surface area contributed by atoms with Gasteiger partial charge in [0.1, 0.15) is 0 Å². The average molecular weight is 279 g/mol. The molecule has 1 saturated carbocycles. The van der Waals surface area contributed by atoms with E-state index in [0.29, 0.717) is 5.25 Å². The summed E-state index contributed by atoms with van der Waals surface area (Å²) < 4.78 is 0. The van der Waals surface area contributed by atoms with Crippen molar-refractivity contribution in [2.24, 2.45) is 0 Å². The molecule has 0 bridgehead atoms. The molecule has 0 aliphatic heterocycles. The third-order valence-corrected chi connectivity index (χ3v) is 5.68. The molecular weight excluding hydrogens is 254 g/mol. The molecule has 1 aliphatic carbocycles. The lowest BCUT2D eigenvalue weighted by Crippen LogP contribution is -2.50. The van der Waals surface area contributed by atoms with Crippen molar-refractivity contribution in [1.29, 1.82) is 0 Å². The summed E-state index contributed by atoms with van der Waals surface area (Å²) >= 11 is 1.97. The summed E-state index contributed by atoms with van der Waals surface area (Å²) in [5, 5.41) is 13.6. The molecular formula is C16H25NOS. The quantitative estimate of drug-likeness (QED) is 0.887. The smallest absolute Gasteiger partial charge is 0.0613 e. The molecule has 1 aromatic rings. The molecule has 106 valence electrons. The first-order chi connectivity index (χ1) is 9.08. The van der Waals surface area contributed by atoms with Gasteiger partial charge in [0, 0.05) is 15.7 Å². The van der Waals surface area contributed by atoms with Crippen LogP contribution in [0.25, 0.3) is 0 Å². The molecule has 2 unspecified atom stereocenters. The van der Waals surface area contributed by atoms with Crippen molar-refractivity contribution in [1.82, 2.24) is 5.32 Å². The Labute approximate surface area is 121 Å². The Balaban J connectivity index is 2.04. The summed E-state index contributed by atoms with van der Waals surface area (Å²) in [5.41, 5.74) is 2.66. The minimum Gasteiger partial charge on any atom is -0.394 e. The number of aliphatic hydroxyl groups is 1. The van der Waals surface area contributed by atoms with Crippen LogP contribution in [0.5, 0.6) is 0 Å². The second kappa shape index (κ2) is 6.29. The number of aliphatic hydroxyl groups excluding tert-OH is 1. The molecule has 2 N–H and O–H groups in total. The summed E-state index contributed by atoms with van der Waals surface area (Å²) in [7, 11) is 1.97. The lowest BCUT2D eigenvalue weighted by atomic mass is 9.82. The molecule has 0 spiro atoms. The van der Waals surface area contributed by atoms with E-state index in [9.17, 15) is 5.11 Å². The summed E-state index contributed by atoms with van der Waals surface area (Å²) in [6.07, 6.45) is 4.59. The van der Waals surface area contributed by atoms with E-state index in [4.69, 9.17) is 0 Å². The Morgan fingerprint density at radius 2 is 2.16 bits per heavy atom. The van der Waals surface area contributed by atoms with Crippen molar-refractivity contribution >= 4 is 11.8 Å². The molecule has 3 heteroatoms. The standard InChI is InChI=1S/C16H25NOS/c1-12-6-7-14(9-13(12)2)19-15-5-4-8-16(10-15,11-18)17-3/h6-7,9,15,17-18H,4-5,8,10-11H2,1-3H3. The van der Waals surface area contributed by atoms with Crippen LogP contribution in [0.3, 0.4) is 0 Å². The largest absolute Gasteiger partial charge is 0.394 e. The van der Waals surface area contributed by atoms with Gasteiger partial charge in [-0.05, 0) is 63.4 Å². The van der Waals surface area contributed by atoms with E-state index < -0.39 is 0 Å². The number of aryl methyl sites for hydroxylation is 2. The van der Waals surface area contributed by atoms with Crippen molar-refractivity contribution in [3.63, 3.8) is 0 Å². The Bertz CT molecular complexity index is 429. The molecule has 0 aromatic heterocycles. The summed E-state index contributed by atoms with van der Waals surface area (Å²) in [5.74, 6) is 0. The first kappa shape index (κ1) is 14.9. The van der Waals surface area contributed by atoms with E-state index in [1.165, 1.54) is 28.9 Å². The van der Waals surface area contributed by atoms with E-state index in [1.54, 1.807) is 0 Å². The Morgan fingerprint density at radius 3 is 2.79 bits per heavy atom. The predicted molar refractivity (Wildman–Crippen MR) is 82.9 cm³/mol. The van der Waals surface area contributed by atoms with Gasteiger partial charge in [-0.1, -0.05) is 12.5 Å². The van der Waals surface area contributed by atoms with Crippen LogP contribution < -0.4 is 5.32 Å². The highest BCUT2D eigenvalue weighted by Crippen LogP contribution is 2.38. The average Bonchev–Trinajstić information content (AvgIpc) is 2.43. The number of thioether (sulfide) groups is 1. The molecule has 19 heavy (non-hydrogen) atoms. The minimum absolute atomic E-state index is 0.0599. The number of benzene rings is 1. The minimum atomic E-state index is -0.0599. The summed E-state index contributed by atoms with van der Waals surface area (Å²) in [4.78, 5) is 1.36. The fourth-order valence-corrected chi connectivity index (χ4v) is 4.30. The zero-order chi connectivity index (χ0) is 13.9. The van der Waals surface area contributed by atoms with Gasteiger partial charge in [0.2, 0.25) is 0 Å². The lowest BCUT2D eigenvalue weighted by Gasteiger charge is -2.39. The second-order valence-electron chi connectivity index (χ2n) is 5.77. The van der Waals surface area contributed by atoms with Gasteiger partial charge in [0.15, 0.2) is 0 Å². The monoisotopic (exact) mass is 279 g/mol. The second-order valence-corrected chi connectivity index (χ2v) is 7.14. The number of hydrogen-bond acceptors (Lipinski definition) is 3. The van der Waals surface area contributed by atoms with Crippen molar-refractivity contribution in [2.75, 3.05) is 13.7 Å². The predicted octanol–water partition coefficient (Wildman–Crippen LogP) is 3.29. The van der Waals surface area contributed by atoms with Gasteiger partial charge in [-0.2, -0.15) is 0 Å². The third-order valence-electron chi connectivity index (χ3n) is 4.41. The van der Waals surface area contributed by atoms with Gasteiger partial charge < -0.3 is 10.4 Å². The SMILES string of the molecule is CNC1(CO)CCCC(Sc2ccc(C)c(C)c2)C1. The van der Waals surface area contributed by atoms with Gasteiger partial charge in [-0.3, -0.25) is 0 Å². The van der Waals surface area contributed by atoms with Crippen LogP contribution in [0.1, 0.15) is 36.8 Å². The maximum absolute atomic E-state index is 9.63. The van der Waals surface area contributed by atoms with E-state index >= 15 is 0 Å². The highest BCUT2D eigenvalue weighted by molar-refractivity contribution is 8.00. The number of nitrogens with one attached hydrogen (secondary N) is 1. The lowest BCUT2D eigenvalue weighted by molar-refractivity contribution is 0.131. The molecule has 1 aliphatic rings. The molecule has 0 radical (unpaired) electrons. The van der Waals surface area contributed by atoms with Gasteiger partial charge in [0.05, 0.1) is 6.61 Å². The normalized spacial score (nSPS) is 27.5. The fourth-order valence-electron chi connectivity index (χ4n) is 2.84. The summed E-state index contributed by atoms with van der Waals surface area (Å²) in [6.45, 7) is 4.57. The van der Waals surface area contributed by atoms with Gasteiger partial charge in [-0.15, -0.1) is 11.8 Å². The Kier molecular flexibility index (Phi) is 4.93. The molecule has 0 heterocycles. The number of rotatable bonds is 4. The highest BCUT2D eigenvalue weighted by atomic mass is 32.2. The Hall–Kier alpha value is -0.510. The van der Waals surface area contributed by atoms with Crippen LogP contribution in [0.4, 0.5) is 0 Å². The van der Waals surface area contributed by atoms with Crippen LogP contribution in [0, 0.1) is 13.8 Å². The fraction of sp³-hybridized carbons (Fsp3) is 0.625. The van der Waals surface area contributed by atoms with Crippen molar-refractivity contribution in [2.45, 2.75) is 55.2 Å². The molecule has 0 saturated heterocycles. The Morgan fingerprint density at radius 1 is 1.37 bits per heavy atom. The summed E-state index contributed by atoms with van der Waals surface area (Å²) in [6, 6.07) is 6.72. The third kappa shape index (κ3) is 3.53. The highest BCUT2D eigenvalue weighted by Gasteiger charge is 2.34. The molecule has 2 nitrogen and oxygen atoms in total. The molecule has 1 fully saturated rings. The van der Waals surface area contributed by atoms with Crippen LogP contribution in [-0.4, -0.2) is 29.5 Å². The number of hydrogen-bond donors (Lipinski definition) is 2. The van der Waals surface area contributed by atoms with E-state index in [-0.39, 0.29) is 12.1 Å². The maximum Gasteiger partial charge on any atom is 0.0613 e. The first-order valence-electron chi connectivity index (χ1n) is 7.12. The van der Waals surface area contributed by atoms with Crippen molar-refractivity contribution in [3.8, 4) is 0 Å². The zero-order valence-corrected chi connectivity index (χ0v) is 13.0. The van der Waals surface area contributed by atoms with Crippen LogP contribution in [0.2, 0.25) is 0 Å². The number of likely N-dealkylation sites (N-methyl/N-ethyl adjacent to an activating group) is 1. The van der Waals surface area contributed by atoms with Crippen LogP contribution in [0.15, 0.2) is 23.1 Å².